The quantitative estimate of drug-likeness (QED) is 0.754. The maximum Gasteiger partial charge on any atom is 0.261 e. The van der Waals surface area contributed by atoms with Crippen LogP contribution in [0.2, 0.25) is 10.0 Å². The van der Waals surface area contributed by atoms with E-state index in [1.165, 1.54) is 36.2 Å². The Balaban J connectivity index is 2.19. The van der Waals surface area contributed by atoms with Gasteiger partial charge in [0, 0.05) is 29.2 Å². The first-order valence-electron chi connectivity index (χ1n) is 8.15. The topological polar surface area (TPSA) is 58.6 Å². The van der Waals surface area contributed by atoms with E-state index in [1.54, 1.807) is 25.1 Å². The van der Waals surface area contributed by atoms with Crippen molar-refractivity contribution in [1.82, 2.24) is 10.2 Å². The summed E-state index contributed by atoms with van der Waals surface area (Å²) in [4.78, 5) is 26.1. The van der Waals surface area contributed by atoms with Crippen molar-refractivity contribution in [2.75, 3.05) is 13.7 Å². The first-order valence-corrected chi connectivity index (χ1v) is 8.91. The average Bonchev–Trinajstić information content (AvgIpc) is 2.66. The highest BCUT2D eigenvalue weighted by Gasteiger charge is 2.27. The second kappa shape index (κ2) is 9.58. The van der Waals surface area contributed by atoms with E-state index >= 15 is 0 Å². The van der Waals surface area contributed by atoms with Crippen LogP contribution in [0, 0.1) is 5.82 Å². The summed E-state index contributed by atoms with van der Waals surface area (Å²) in [5.74, 6) is -0.843. The Kier molecular flexibility index (Phi) is 7.45. The highest BCUT2D eigenvalue weighted by molar-refractivity contribution is 6.36. The molecule has 0 fully saturated rings. The molecule has 5 nitrogen and oxygen atoms in total. The summed E-state index contributed by atoms with van der Waals surface area (Å²) in [5, 5.41) is 3.30. The van der Waals surface area contributed by atoms with Gasteiger partial charge in [0.1, 0.15) is 17.6 Å². The van der Waals surface area contributed by atoms with Crippen LogP contribution >= 0.6 is 23.2 Å². The van der Waals surface area contributed by atoms with Crippen LogP contribution in [0.25, 0.3) is 0 Å². The Morgan fingerprint density at radius 1 is 1.15 bits per heavy atom. The van der Waals surface area contributed by atoms with Crippen LogP contribution in [0.4, 0.5) is 4.39 Å². The number of carbonyl (C=O) groups is 2. The van der Waals surface area contributed by atoms with E-state index in [1.807, 2.05) is 0 Å². The predicted molar refractivity (Wildman–Crippen MR) is 102 cm³/mol. The van der Waals surface area contributed by atoms with Gasteiger partial charge in [0.15, 0.2) is 6.61 Å². The molecular formula is C19H19Cl2FN2O3. The highest BCUT2D eigenvalue weighted by Crippen LogP contribution is 2.26. The fraction of sp³-hybridized carbons (Fsp3) is 0.263. The molecule has 0 aromatic heterocycles. The van der Waals surface area contributed by atoms with Crippen LogP contribution in [0.1, 0.15) is 12.5 Å². The van der Waals surface area contributed by atoms with Crippen molar-refractivity contribution < 1.29 is 18.7 Å². The molecule has 2 aromatic carbocycles. The van der Waals surface area contributed by atoms with Gasteiger partial charge in [-0.05, 0) is 43.3 Å². The first-order chi connectivity index (χ1) is 12.8. The maximum absolute atomic E-state index is 13.0. The van der Waals surface area contributed by atoms with Gasteiger partial charge in [-0.15, -0.1) is 0 Å². The lowest BCUT2D eigenvalue weighted by Crippen LogP contribution is -2.48. The minimum atomic E-state index is -0.772. The lowest BCUT2D eigenvalue weighted by atomic mass is 10.1. The van der Waals surface area contributed by atoms with Gasteiger partial charge in [0.25, 0.3) is 5.91 Å². The Hall–Kier alpha value is -2.31. The number of ether oxygens (including phenoxy) is 1. The van der Waals surface area contributed by atoms with Gasteiger partial charge < -0.3 is 15.0 Å². The minimum absolute atomic E-state index is 0.0404. The van der Waals surface area contributed by atoms with Gasteiger partial charge in [0.2, 0.25) is 5.91 Å². The average molecular weight is 413 g/mol. The molecule has 0 aliphatic rings. The predicted octanol–water partition coefficient (Wildman–Crippen LogP) is 3.67. The standard InChI is InChI=1S/C19H19Cl2FN2O3/c1-12(19(26)23-2)24(10-15-16(20)4-3-5-17(15)21)18(25)11-27-14-8-6-13(22)7-9-14/h3-9,12H,10-11H2,1-2H3,(H,23,26)/t12-/m0/s1. The molecule has 0 spiro atoms. The second-order valence-electron chi connectivity index (χ2n) is 5.75. The molecule has 0 saturated heterocycles. The van der Waals surface area contributed by atoms with E-state index in [0.717, 1.165) is 0 Å². The van der Waals surface area contributed by atoms with Gasteiger partial charge in [-0.25, -0.2) is 4.39 Å². The van der Waals surface area contributed by atoms with Crippen molar-refractivity contribution in [2.24, 2.45) is 0 Å². The first kappa shape index (κ1) is 21.0. The van der Waals surface area contributed by atoms with Crippen LogP contribution < -0.4 is 10.1 Å². The third-order valence-electron chi connectivity index (χ3n) is 3.98. The Morgan fingerprint density at radius 2 is 1.74 bits per heavy atom. The molecular weight excluding hydrogens is 394 g/mol. The number of nitrogens with one attached hydrogen (secondary N) is 1. The van der Waals surface area contributed by atoms with E-state index in [-0.39, 0.29) is 19.1 Å². The van der Waals surface area contributed by atoms with E-state index in [0.29, 0.717) is 21.4 Å². The third kappa shape index (κ3) is 5.58. The second-order valence-corrected chi connectivity index (χ2v) is 6.57. The number of carbonyl (C=O) groups excluding carboxylic acids is 2. The van der Waals surface area contributed by atoms with Crippen LogP contribution in [0.3, 0.4) is 0 Å². The third-order valence-corrected chi connectivity index (χ3v) is 4.69. The summed E-state index contributed by atoms with van der Waals surface area (Å²) in [6.45, 7) is 1.31. The molecule has 0 radical (unpaired) electrons. The number of nitrogens with zero attached hydrogens (tertiary/aromatic N) is 1. The Bertz CT molecular complexity index is 795. The maximum atomic E-state index is 13.0. The molecule has 0 saturated carbocycles. The van der Waals surface area contributed by atoms with Crippen LogP contribution in [0.15, 0.2) is 42.5 Å². The van der Waals surface area contributed by atoms with Crippen LogP contribution in [-0.4, -0.2) is 36.4 Å². The zero-order chi connectivity index (χ0) is 20.0. The molecule has 1 N–H and O–H groups in total. The van der Waals surface area contributed by atoms with E-state index in [9.17, 15) is 14.0 Å². The number of amides is 2. The summed E-state index contributed by atoms with van der Waals surface area (Å²) in [6, 6.07) is 9.53. The molecule has 2 aromatic rings. The van der Waals surface area contributed by atoms with Crippen molar-refractivity contribution >= 4 is 35.0 Å². The summed E-state index contributed by atoms with van der Waals surface area (Å²) in [5.41, 5.74) is 0.534. The van der Waals surface area contributed by atoms with E-state index < -0.39 is 17.8 Å². The van der Waals surface area contributed by atoms with Crippen molar-refractivity contribution in [3.8, 4) is 5.75 Å². The largest absolute Gasteiger partial charge is 0.484 e. The zero-order valence-electron chi connectivity index (χ0n) is 14.8. The van der Waals surface area contributed by atoms with Crippen molar-refractivity contribution in [3.05, 3.63) is 63.9 Å². The molecule has 0 unspecified atom stereocenters. The number of hydrogen-bond donors (Lipinski definition) is 1. The minimum Gasteiger partial charge on any atom is -0.484 e. The molecule has 2 rings (SSSR count). The monoisotopic (exact) mass is 412 g/mol. The highest BCUT2D eigenvalue weighted by atomic mass is 35.5. The smallest absolute Gasteiger partial charge is 0.261 e. The summed E-state index contributed by atoms with van der Waals surface area (Å²) in [6.07, 6.45) is 0. The number of benzene rings is 2. The molecule has 0 bridgehead atoms. The molecule has 8 heteroatoms. The van der Waals surface area contributed by atoms with E-state index in [2.05, 4.69) is 5.32 Å². The molecule has 1 atom stereocenters. The SMILES string of the molecule is CNC(=O)[C@H](C)N(Cc1c(Cl)cccc1Cl)C(=O)COc1ccc(F)cc1. The van der Waals surface area contributed by atoms with E-state index in [4.69, 9.17) is 27.9 Å². The fourth-order valence-corrected chi connectivity index (χ4v) is 2.92. The van der Waals surface area contributed by atoms with Gasteiger partial charge in [-0.3, -0.25) is 9.59 Å². The van der Waals surface area contributed by atoms with Crippen molar-refractivity contribution in [1.29, 1.82) is 0 Å². The van der Waals surface area contributed by atoms with Crippen molar-refractivity contribution in [2.45, 2.75) is 19.5 Å². The van der Waals surface area contributed by atoms with Crippen LogP contribution in [-0.2, 0) is 16.1 Å². The molecule has 144 valence electrons. The molecule has 0 aliphatic carbocycles. The zero-order valence-corrected chi connectivity index (χ0v) is 16.4. The summed E-state index contributed by atoms with van der Waals surface area (Å²) < 4.78 is 18.4. The normalized spacial score (nSPS) is 11.6. The van der Waals surface area contributed by atoms with Gasteiger partial charge in [-0.1, -0.05) is 29.3 Å². The summed E-state index contributed by atoms with van der Waals surface area (Å²) in [7, 11) is 1.49. The number of rotatable bonds is 7. The molecule has 27 heavy (non-hydrogen) atoms. The number of likely N-dealkylation sites (N-methyl/N-ethyl adjacent to an activating group) is 1. The summed E-state index contributed by atoms with van der Waals surface area (Å²) >= 11 is 12.4. The Morgan fingerprint density at radius 3 is 2.30 bits per heavy atom. The molecule has 0 heterocycles. The molecule has 2 amide bonds. The fourth-order valence-electron chi connectivity index (χ4n) is 2.40. The Labute approximate surface area is 167 Å². The van der Waals surface area contributed by atoms with Gasteiger partial charge >= 0.3 is 0 Å². The van der Waals surface area contributed by atoms with Gasteiger partial charge in [0.05, 0.1) is 0 Å². The lowest BCUT2D eigenvalue weighted by Gasteiger charge is -2.29. The molecule has 0 aliphatic heterocycles. The van der Waals surface area contributed by atoms with Gasteiger partial charge in [-0.2, -0.15) is 0 Å². The lowest BCUT2D eigenvalue weighted by molar-refractivity contribution is -0.142. The number of hydrogen-bond acceptors (Lipinski definition) is 3. The number of halogens is 3. The van der Waals surface area contributed by atoms with Crippen LogP contribution in [0.5, 0.6) is 5.75 Å². The van der Waals surface area contributed by atoms with Crippen molar-refractivity contribution in [3.63, 3.8) is 0 Å².